The van der Waals surface area contributed by atoms with Crippen LogP contribution in [-0.4, -0.2) is 4.98 Å². The maximum absolute atomic E-state index is 5.97. The van der Waals surface area contributed by atoms with Crippen LogP contribution in [0, 0.1) is 0 Å². The molecule has 0 fully saturated rings. The number of nitrogens with zero attached hydrogens (tertiary/aromatic N) is 1. The Bertz CT molecular complexity index is 990. The Hall–Kier alpha value is -2.39. The predicted octanol–water partition coefficient (Wildman–Crippen LogP) is 6.52. The van der Waals surface area contributed by atoms with Gasteiger partial charge in [-0.3, -0.25) is 0 Å². The number of aromatic nitrogens is 1. The first-order chi connectivity index (χ1) is 11.5. The summed E-state index contributed by atoms with van der Waals surface area (Å²) in [5.74, 6) is 0.694. The highest BCUT2D eigenvalue weighted by Crippen LogP contribution is 2.34. The highest BCUT2D eigenvalue weighted by Gasteiger charge is 2.16. The monoisotopic (exact) mass is 333 g/mol. The molecule has 0 aliphatic carbocycles. The summed E-state index contributed by atoms with van der Waals surface area (Å²) < 4.78 is 5.97. The van der Waals surface area contributed by atoms with E-state index in [0.717, 1.165) is 21.5 Å². The molecule has 0 atom stereocenters. The average molecular weight is 333 g/mol. The standard InChI is InChI=1S/C21H19NOS/c1-21(2,3)15-8-4-7-14(13-15)16-9-5-10-17-19(16)22-20(23-17)18-11-6-12-24-18/h4-13H,1-3H3. The molecule has 0 aliphatic rings. The summed E-state index contributed by atoms with van der Waals surface area (Å²) in [6.07, 6.45) is 0. The van der Waals surface area contributed by atoms with E-state index < -0.39 is 0 Å². The molecule has 0 N–H and O–H groups in total. The molecule has 0 spiro atoms. The smallest absolute Gasteiger partial charge is 0.237 e. The predicted molar refractivity (Wildman–Crippen MR) is 101 cm³/mol. The summed E-state index contributed by atoms with van der Waals surface area (Å²) in [5, 5.41) is 2.04. The molecule has 2 nitrogen and oxygen atoms in total. The highest BCUT2D eigenvalue weighted by molar-refractivity contribution is 7.13. The van der Waals surface area contributed by atoms with E-state index >= 15 is 0 Å². The molecule has 3 heteroatoms. The number of fused-ring (bicyclic) bond motifs is 1. The minimum Gasteiger partial charge on any atom is -0.435 e. The lowest BCUT2D eigenvalue weighted by Gasteiger charge is -2.19. The quantitative estimate of drug-likeness (QED) is 0.417. The topological polar surface area (TPSA) is 26.0 Å². The lowest BCUT2D eigenvalue weighted by molar-refractivity contribution is 0.590. The van der Waals surface area contributed by atoms with Gasteiger partial charge in [0.2, 0.25) is 5.89 Å². The third kappa shape index (κ3) is 2.65. The van der Waals surface area contributed by atoms with Crippen molar-refractivity contribution in [1.29, 1.82) is 0 Å². The largest absolute Gasteiger partial charge is 0.435 e. The number of benzene rings is 2. The van der Waals surface area contributed by atoms with Crippen LogP contribution in [0.4, 0.5) is 0 Å². The van der Waals surface area contributed by atoms with E-state index in [0.29, 0.717) is 5.89 Å². The van der Waals surface area contributed by atoms with E-state index in [1.165, 1.54) is 11.1 Å². The van der Waals surface area contributed by atoms with E-state index in [2.05, 4.69) is 51.1 Å². The molecule has 2 aromatic heterocycles. The van der Waals surface area contributed by atoms with Crippen molar-refractivity contribution in [3.63, 3.8) is 0 Å². The minimum atomic E-state index is 0.121. The van der Waals surface area contributed by atoms with Crippen molar-refractivity contribution in [3.05, 3.63) is 65.5 Å². The van der Waals surface area contributed by atoms with Gasteiger partial charge < -0.3 is 4.42 Å². The van der Waals surface area contributed by atoms with Crippen molar-refractivity contribution in [2.24, 2.45) is 0 Å². The van der Waals surface area contributed by atoms with Crippen molar-refractivity contribution in [1.82, 2.24) is 4.98 Å². The van der Waals surface area contributed by atoms with Crippen LogP contribution in [0.5, 0.6) is 0 Å². The van der Waals surface area contributed by atoms with Crippen molar-refractivity contribution in [3.8, 4) is 21.9 Å². The SMILES string of the molecule is CC(C)(C)c1cccc(-c2cccc3oc(-c4cccs4)nc23)c1. The molecular weight excluding hydrogens is 314 g/mol. The van der Waals surface area contributed by atoms with Crippen LogP contribution in [0.2, 0.25) is 0 Å². The second-order valence-corrected chi connectivity index (χ2v) is 7.93. The van der Waals surface area contributed by atoms with Crippen LogP contribution in [0.15, 0.2) is 64.4 Å². The van der Waals surface area contributed by atoms with Gasteiger partial charge in [-0.2, -0.15) is 0 Å². The zero-order valence-corrected chi connectivity index (χ0v) is 14.9. The van der Waals surface area contributed by atoms with E-state index in [1.54, 1.807) is 11.3 Å². The minimum absolute atomic E-state index is 0.121. The number of thiophene rings is 1. The molecule has 0 radical (unpaired) electrons. The fourth-order valence-corrected chi connectivity index (χ4v) is 3.49. The van der Waals surface area contributed by atoms with E-state index in [-0.39, 0.29) is 5.41 Å². The summed E-state index contributed by atoms with van der Waals surface area (Å²) in [6.45, 7) is 6.70. The van der Waals surface area contributed by atoms with Crippen LogP contribution < -0.4 is 0 Å². The summed E-state index contributed by atoms with van der Waals surface area (Å²) in [4.78, 5) is 5.82. The third-order valence-corrected chi connectivity index (χ3v) is 5.05. The number of hydrogen-bond acceptors (Lipinski definition) is 3. The van der Waals surface area contributed by atoms with Crippen molar-refractivity contribution in [2.45, 2.75) is 26.2 Å². The molecule has 0 saturated carbocycles. The number of rotatable bonds is 2. The summed E-state index contributed by atoms with van der Waals surface area (Å²) in [5.41, 5.74) is 5.49. The van der Waals surface area contributed by atoms with Crippen LogP contribution in [-0.2, 0) is 5.41 Å². The molecule has 4 rings (SSSR count). The molecule has 0 aliphatic heterocycles. The highest BCUT2D eigenvalue weighted by atomic mass is 32.1. The Morgan fingerprint density at radius 3 is 2.54 bits per heavy atom. The lowest BCUT2D eigenvalue weighted by atomic mass is 9.85. The van der Waals surface area contributed by atoms with Gasteiger partial charge in [0.1, 0.15) is 5.52 Å². The summed E-state index contributed by atoms with van der Waals surface area (Å²) in [7, 11) is 0. The summed E-state index contributed by atoms with van der Waals surface area (Å²) in [6, 6.07) is 18.9. The average Bonchev–Trinajstić information content (AvgIpc) is 3.22. The number of hydrogen-bond donors (Lipinski definition) is 0. The Balaban J connectivity index is 1.88. The van der Waals surface area contributed by atoms with Gasteiger partial charge in [0.15, 0.2) is 5.58 Å². The van der Waals surface area contributed by atoms with E-state index in [4.69, 9.17) is 9.40 Å². The first-order valence-electron chi connectivity index (χ1n) is 8.07. The van der Waals surface area contributed by atoms with Gasteiger partial charge in [-0.05, 0) is 34.1 Å². The first-order valence-corrected chi connectivity index (χ1v) is 8.95. The molecule has 120 valence electrons. The molecule has 2 aromatic carbocycles. The molecule has 24 heavy (non-hydrogen) atoms. The Morgan fingerprint density at radius 1 is 0.958 bits per heavy atom. The number of para-hydroxylation sites is 1. The maximum atomic E-state index is 5.97. The van der Waals surface area contributed by atoms with E-state index in [1.807, 2.05) is 29.6 Å². The van der Waals surface area contributed by atoms with Crippen LogP contribution in [0.25, 0.3) is 33.0 Å². The molecule has 2 heterocycles. The van der Waals surface area contributed by atoms with E-state index in [9.17, 15) is 0 Å². The fraction of sp³-hybridized carbons (Fsp3) is 0.190. The second-order valence-electron chi connectivity index (χ2n) is 6.98. The molecule has 0 saturated heterocycles. The number of oxazole rings is 1. The Labute approximate surface area is 145 Å². The zero-order valence-electron chi connectivity index (χ0n) is 14.0. The van der Waals surface area contributed by atoms with Crippen LogP contribution in [0.1, 0.15) is 26.3 Å². The van der Waals surface area contributed by atoms with Gasteiger partial charge in [-0.25, -0.2) is 4.98 Å². The normalized spacial score (nSPS) is 12.0. The summed E-state index contributed by atoms with van der Waals surface area (Å²) >= 11 is 1.64. The van der Waals surface area contributed by atoms with Gasteiger partial charge in [0.25, 0.3) is 0 Å². The molecule has 0 amide bonds. The molecular formula is C21H19NOS. The Kier molecular flexibility index (Phi) is 3.54. The molecule has 0 bridgehead atoms. The lowest BCUT2D eigenvalue weighted by Crippen LogP contribution is -2.10. The van der Waals surface area contributed by atoms with Crippen molar-refractivity contribution >= 4 is 22.4 Å². The zero-order chi connectivity index (χ0) is 16.7. The Morgan fingerprint density at radius 2 is 1.79 bits per heavy atom. The maximum Gasteiger partial charge on any atom is 0.237 e. The van der Waals surface area contributed by atoms with Crippen LogP contribution >= 0.6 is 11.3 Å². The van der Waals surface area contributed by atoms with Crippen LogP contribution in [0.3, 0.4) is 0 Å². The second kappa shape index (κ2) is 5.60. The molecule has 0 unspecified atom stereocenters. The van der Waals surface area contributed by atoms with Crippen molar-refractivity contribution < 1.29 is 4.42 Å². The van der Waals surface area contributed by atoms with Gasteiger partial charge in [0.05, 0.1) is 4.88 Å². The molecule has 4 aromatic rings. The van der Waals surface area contributed by atoms with Gasteiger partial charge in [-0.1, -0.05) is 63.2 Å². The van der Waals surface area contributed by atoms with Gasteiger partial charge in [-0.15, -0.1) is 11.3 Å². The van der Waals surface area contributed by atoms with Crippen molar-refractivity contribution in [2.75, 3.05) is 0 Å². The van der Waals surface area contributed by atoms with Gasteiger partial charge >= 0.3 is 0 Å². The van der Waals surface area contributed by atoms with Gasteiger partial charge in [0, 0.05) is 5.56 Å². The third-order valence-electron chi connectivity index (χ3n) is 4.19. The fourth-order valence-electron chi connectivity index (χ4n) is 2.84. The first kappa shape index (κ1) is 15.2.